The molecule has 2 N–H and O–H groups in total. The Bertz CT molecular complexity index is 732. The third-order valence-corrected chi connectivity index (χ3v) is 5.97. The maximum Gasteiger partial charge on any atom is 0.191 e. The number of guanidine groups is 1. The van der Waals surface area contributed by atoms with Crippen LogP contribution < -0.4 is 10.6 Å². The zero-order valence-corrected chi connectivity index (χ0v) is 16.9. The first-order chi connectivity index (χ1) is 13.2. The summed E-state index contributed by atoms with van der Waals surface area (Å²) >= 11 is 1.84. The van der Waals surface area contributed by atoms with Crippen LogP contribution in [0.2, 0.25) is 0 Å². The summed E-state index contributed by atoms with van der Waals surface area (Å²) in [6, 6.07) is 11.5. The zero-order valence-electron chi connectivity index (χ0n) is 16.1. The maximum absolute atomic E-state index is 13.4. The minimum Gasteiger partial charge on any atom is -0.357 e. The first-order valence-corrected chi connectivity index (χ1v) is 10.6. The fourth-order valence-corrected chi connectivity index (χ4v) is 4.74. The van der Waals surface area contributed by atoms with Gasteiger partial charge in [-0.15, -0.1) is 11.3 Å². The average molecular weight is 389 g/mol. The topological polar surface area (TPSA) is 39.7 Å². The van der Waals surface area contributed by atoms with Crippen LogP contribution in [0.5, 0.6) is 0 Å². The highest BCUT2D eigenvalue weighted by molar-refractivity contribution is 7.10. The molecule has 0 bridgehead atoms. The van der Waals surface area contributed by atoms with E-state index in [2.05, 4.69) is 52.0 Å². The SMILES string of the molecule is CCNC(=NCc1cccc(F)c1)NCC1CCCN(C)C1c1cccs1. The van der Waals surface area contributed by atoms with Crippen LogP contribution in [-0.4, -0.2) is 37.5 Å². The van der Waals surface area contributed by atoms with Crippen LogP contribution in [0.4, 0.5) is 4.39 Å². The van der Waals surface area contributed by atoms with Crippen molar-refractivity contribution in [1.82, 2.24) is 15.5 Å². The smallest absolute Gasteiger partial charge is 0.191 e. The summed E-state index contributed by atoms with van der Waals surface area (Å²) < 4.78 is 13.4. The molecule has 1 fully saturated rings. The van der Waals surface area contributed by atoms with Crippen LogP contribution >= 0.6 is 11.3 Å². The van der Waals surface area contributed by atoms with Crippen molar-refractivity contribution in [3.05, 3.63) is 58.0 Å². The molecular formula is C21H29FN4S. The van der Waals surface area contributed by atoms with Crippen molar-refractivity contribution < 1.29 is 4.39 Å². The normalized spacial score (nSPS) is 21.2. The second kappa shape index (κ2) is 9.85. The molecule has 1 aliphatic rings. The summed E-state index contributed by atoms with van der Waals surface area (Å²) in [4.78, 5) is 8.54. The van der Waals surface area contributed by atoms with Gasteiger partial charge in [0.2, 0.25) is 0 Å². The molecule has 2 unspecified atom stereocenters. The summed E-state index contributed by atoms with van der Waals surface area (Å²) in [5.74, 6) is 1.12. The highest BCUT2D eigenvalue weighted by Gasteiger charge is 2.31. The Hall–Kier alpha value is -1.92. The van der Waals surface area contributed by atoms with Crippen molar-refractivity contribution in [2.24, 2.45) is 10.9 Å². The van der Waals surface area contributed by atoms with Gasteiger partial charge in [-0.05, 0) is 68.4 Å². The lowest BCUT2D eigenvalue weighted by atomic mass is 9.88. The average Bonchev–Trinajstić information content (AvgIpc) is 3.18. The first-order valence-electron chi connectivity index (χ1n) is 9.67. The Labute approximate surface area is 165 Å². The number of piperidine rings is 1. The largest absolute Gasteiger partial charge is 0.357 e. The quantitative estimate of drug-likeness (QED) is 0.580. The summed E-state index contributed by atoms with van der Waals surface area (Å²) in [5.41, 5.74) is 0.876. The molecule has 146 valence electrons. The van der Waals surface area contributed by atoms with Crippen LogP contribution in [0.25, 0.3) is 0 Å². The summed E-state index contributed by atoms with van der Waals surface area (Å²) in [6.45, 7) is 5.34. The number of benzene rings is 1. The lowest BCUT2D eigenvalue weighted by Crippen LogP contribution is -2.44. The number of hydrogen-bond donors (Lipinski definition) is 2. The summed E-state index contributed by atoms with van der Waals surface area (Å²) in [6.07, 6.45) is 2.44. The lowest BCUT2D eigenvalue weighted by Gasteiger charge is -2.39. The standard InChI is InChI=1S/C21H29FN4S/c1-3-23-21(24-14-16-7-4-9-18(22)13-16)25-15-17-8-5-11-26(2)20(17)19-10-6-12-27-19/h4,6-7,9-10,12-13,17,20H,3,5,8,11,14-15H2,1-2H3,(H2,23,24,25). The molecule has 1 aromatic heterocycles. The van der Waals surface area contributed by atoms with E-state index in [0.29, 0.717) is 18.5 Å². The van der Waals surface area contributed by atoms with Gasteiger partial charge in [0, 0.05) is 24.0 Å². The number of nitrogens with one attached hydrogen (secondary N) is 2. The van der Waals surface area contributed by atoms with Gasteiger partial charge >= 0.3 is 0 Å². The molecule has 2 heterocycles. The van der Waals surface area contributed by atoms with E-state index in [1.54, 1.807) is 6.07 Å². The van der Waals surface area contributed by atoms with Crippen LogP contribution in [-0.2, 0) is 6.54 Å². The van der Waals surface area contributed by atoms with Gasteiger partial charge in [-0.2, -0.15) is 0 Å². The van der Waals surface area contributed by atoms with E-state index in [0.717, 1.165) is 31.2 Å². The number of rotatable bonds is 6. The lowest BCUT2D eigenvalue weighted by molar-refractivity contribution is 0.125. The van der Waals surface area contributed by atoms with Gasteiger partial charge in [-0.3, -0.25) is 4.90 Å². The summed E-state index contributed by atoms with van der Waals surface area (Å²) in [7, 11) is 2.22. The molecule has 0 saturated carbocycles. The molecule has 4 nitrogen and oxygen atoms in total. The second-order valence-electron chi connectivity index (χ2n) is 7.05. The molecule has 3 rings (SSSR count). The van der Waals surface area contributed by atoms with E-state index in [1.807, 2.05) is 17.4 Å². The number of likely N-dealkylation sites (tertiary alicyclic amines) is 1. The van der Waals surface area contributed by atoms with Gasteiger partial charge in [0.15, 0.2) is 5.96 Å². The maximum atomic E-state index is 13.4. The first kappa shape index (κ1) is 19.8. The molecule has 0 aliphatic carbocycles. The Balaban J connectivity index is 1.64. The van der Waals surface area contributed by atoms with Crippen LogP contribution in [0.1, 0.15) is 36.2 Å². The van der Waals surface area contributed by atoms with Gasteiger partial charge in [0.05, 0.1) is 6.54 Å². The predicted molar refractivity (Wildman–Crippen MR) is 112 cm³/mol. The van der Waals surface area contributed by atoms with E-state index in [9.17, 15) is 4.39 Å². The number of halogens is 1. The van der Waals surface area contributed by atoms with E-state index in [-0.39, 0.29) is 5.82 Å². The fraction of sp³-hybridized carbons (Fsp3) is 0.476. The van der Waals surface area contributed by atoms with Crippen LogP contribution in [0.15, 0.2) is 46.8 Å². The highest BCUT2D eigenvalue weighted by atomic mass is 32.1. The van der Waals surface area contributed by atoms with Crippen LogP contribution in [0, 0.1) is 11.7 Å². The van der Waals surface area contributed by atoms with Crippen LogP contribution in [0.3, 0.4) is 0 Å². The van der Waals surface area contributed by atoms with Gasteiger partial charge < -0.3 is 10.6 Å². The van der Waals surface area contributed by atoms with Crippen molar-refractivity contribution in [2.75, 3.05) is 26.7 Å². The Morgan fingerprint density at radius 2 is 2.19 bits per heavy atom. The molecule has 0 amide bonds. The molecule has 27 heavy (non-hydrogen) atoms. The van der Waals surface area contributed by atoms with Crippen molar-refractivity contribution >= 4 is 17.3 Å². The van der Waals surface area contributed by atoms with Gasteiger partial charge in [0.1, 0.15) is 5.82 Å². The number of hydrogen-bond acceptors (Lipinski definition) is 3. The third kappa shape index (κ3) is 5.53. The highest BCUT2D eigenvalue weighted by Crippen LogP contribution is 2.36. The van der Waals surface area contributed by atoms with Gasteiger partial charge in [-0.1, -0.05) is 18.2 Å². The van der Waals surface area contributed by atoms with Crippen molar-refractivity contribution in [2.45, 2.75) is 32.4 Å². The van der Waals surface area contributed by atoms with E-state index < -0.39 is 0 Å². The molecule has 1 saturated heterocycles. The Kier molecular flexibility index (Phi) is 7.24. The molecule has 2 aromatic rings. The van der Waals surface area contributed by atoms with Gasteiger partial charge in [0.25, 0.3) is 0 Å². The van der Waals surface area contributed by atoms with E-state index in [1.165, 1.54) is 29.9 Å². The predicted octanol–water partition coefficient (Wildman–Crippen LogP) is 4.03. The molecule has 0 radical (unpaired) electrons. The molecule has 0 spiro atoms. The molecule has 6 heteroatoms. The fourth-order valence-electron chi connectivity index (χ4n) is 3.76. The van der Waals surface area contributed by atoms with Crippen molar-refractivity contribution in [3.8, 4) is 0 Å². The van der Waals surface area contributed by atoms with Crippen molar-refractivity contribution in [3.63, 3.8) is 0 Å². The second-order valence-corrected chi connectivity index (χ2v) is 8.03. The van der Waals surface area contributed by atoms with Crippen molar-refractivity contribution in [1.29, 1.82) is 0 Å². The molecule has 1 aromatic carbocycles. The minimum atomic E-state index is -0.218. The third-order valence-electron chi connectivity index (χ3n) is 5.03. The summed E-state index contributed by atoms with van der Waals surface area (Å²) in [5, 5.41) is 8.97. The molecule has 2 atom stereocenters. The monoisotopic (exact) mass is 388 g/mol. The Morgan fingerprint density at radius 3 is 2.93 bits per heavy atom. The molecule has 1 aliphatic heterocycles. The Morgan fingerprint density at radius 1 is 1.30 bits per heavy atom. The van der Waals surface area contributed by atoms with E-state index >= 15 is 0 Å². The van der Waals surface area contributed by atoms with E-state index in [4.69, 9.17) is 0 Å². The minimum absolute atomic E-state index is 0.218. The number of nitrogens with zero attached hydrogens (tertiary/aromatic N) is 2. The number of aliphatic imine (C=N–C) groups is 1. The zero-order chi connectivity index (χ0) is 19.1. The number of thiophene rings is 1. The molecular weight excluding hydrogens is 359 g/mol. The van der Waals surface area contributed by atoms with Gasteiger partial charge in [-0.25, -0.2) is 9.38 Å².